The van der Waals surface area contributed by atoms with Gasteiger partial charge in [0, 0.05) is 6.42 Å². The molecule has 1 aliphatic carbocycles. The predicted octanol–water partition coefficient (Wildman–Crippen LogP) is 4.32. The van der Waals surface area contributed by atoms with Gasteiger partial charge in [-0.1, -0.05) is 74.2 Å². The molecule has 1 heterocycles. The second-order valence-electron chi connectivity index (χ2n) is 5.64. The summed E-state index contributed by atoms with van der Waals surface area (Å²) in [5, 5.41) is 5.87. The van der Waals surface area contributed by atoms with E-state index in [0.29, 0.717) is 0 Å². The summed E-state index contributed by atoms with van der Waals surface area (Å²) in [5.74, 6) is 0. The number of rotatable bonds is 2. The van der Waals surface area contributed by atoms with Crippen molar-refractivity contribution in [3.05, 3.63) is 35.9 Å². The van der Waals surface area contributed by atoms with Gasteiger partial charge < -0.3 is 0 Å². The van der Waals surface area contributed by atoms with E-state index in [1.807, 2.05) is 11.8 Å². The molecule has 1 aromatic rings. The Labute approximate surface area is 120 Å². The van der Waals surface area contributed by atoms with Gasteiger partial charge in [0.1, 0.15) is 4.87 Å². The Kier molecular flexibility index (Phi) is 4.12. The zero-order valence-electron chi connectivity index (χ0n) is 11.4. The lowest BCUT2D eigenvalue weighted by Gasteiger charge is -2.29. The zero-order valence-corrected chi connectivity index (χ0v) is 12.2. The molecule has 2 nitrogen and oxygen atoms in total. The van der Waals surface area contributed by atoms with Gasteiger partial charge in [0.25, 0.3) is 0 Å². The van der Waals surface area contributed by atoms with E-state index >= 15 is 0 Å². The summed E-state index contributed by atoms with van der Waals surface area (Å²) in [6.07, 6.45) is 10.4. The average molecular weight is 274 g/mol. The average Bonchev–Trinajstić information content (AvgIpc) is 2.80. The summed E-state index contributed by atoms with van der Waals surface area (Å²) < 4.78 is 0. The van der Waals surface area contributed by atoms with Crippen molar-refractivity contribution in [2.75, 3.05) is 0 Å². The van der Waals surface area contributed by atoms with Crippen LogP contribution in [-0.4, -0.2) is 9.91 Å². The molecule has 3 heteroatoms. The second-order valence-corrected chi connectivity index (χ2v) is 7.10. The van der Waals surface area contributed by atoms with Gasteiger partial charge in [-0.05, 0) is 18.4 Å². The number of hydrogen-bond acceptors (Lipinski definition) is 3. The van der Waals surface area contributed by atoms with Gasteiger partial charge in [-0.3, -0.25) is 5.43 Å². The van der Waals surface area contributed by atoms with Crippen molar-refractivity contribution in [2.24, 2.45) is 5.10 Å². The fraction of sp³-hybridized carbons (Fsp3) is 0.562. The van der Waals surface area contributed by atoms with Crippen LogP contribution in [0.25, 0.3) is 0 Å². The Morgan fingerprint density at radius 3 is 2.42 bits per heavy atom. The monoisotopic (exact) mass is 274 g/mol. The third-order valence-corrected chi connectivity index (χ3v) is 5.42. The van der Waals surface area contributed by atoms with Crippen molar-refractivity contribution in [1.29, 1.82) is 0 Å². The number of benzene rings is 1. The summed E-state index contributed by atoms with van der Waals surface area (Å²) in [6.45, 7) is 0. The third-order valence-electron chi connectivity index (χ3n) is 4.06. The van der Waals surface area contributed by atoms with Crippen LogP contribution < -0.4 is 5.43 Å². The molecule has 19 heavy (non-hydrogen) atoms. The van der Waals surface area contributed by atoms with Gasteiger partial charge in [0.2, 0.25) is 0 Å². The minimum absolute atomic E-state index is 0.213. The molecule has 1 spiro atoms. The molecule has 0 atom stereocenters. The minimum atomic E-state index is 0.213. The van der Waals surface area contributed by atoms with Crippen molar-refractivity contribution < 1.29 is 0 Å². The van der Waals surface area contributed by atoms with E-state index in [1.165, 1.54) is 55.6 Å². The predicted molar refractivity (Wildman–Crippen MR) is 83.4 cm³/mol. The number of thioether (sulfide) groups is 1. The first-order valence-electron chi connectivity index (χ1n) is 7.43. The number of nitrogens with one attached hydrogen (secondary N) is 1. The van der Waals surface area contributed by atoms with Crippen molar-refractivity contribution >= 4 is 16.8 Å². The van der Waals surface area contributed by atoms with E-state index in [2.05, 4.69) is 40.9 Å². The lowest BCUT2D eigenvalue weighted by molar-refractivity contribution is 0.369. The number of hydrogen-bond donors (Lipinski definition) is 1. The Hall–Kier alpha value is -0.960. The molecule has 0 radical (unpaired) electrons. The van der Waals surface area contributed by atoms with Crippen LogP contribution in [0.15, 0.2) is 35.4 Å². The van der Waals surface area contributed by atoms with Gasteiger partial charge in [-0.15, -0.1) is 0 Å². The van der Waals surface area contributed by atoms with Crippen LogP contribution in [0.4, 0.5) is 0 Å². The third kappa shape index (κ3) is 3.33. The van der Waals surface area contributed by atoms with E-state index in [1.54, 1.807) is 0 Å². The molecule has 1 fully saturated rings. The summed E-state index contributed by atoms with van der Waals surface area (Å²) in [6, 6.07) is 10.7. The zero-order chi connectivity index (χ0) is 13.0. The first-order chi connectivity index (χ1) is 9.36. The van der Waals surface area contributed by atoms with Crippen LogP contribution in [0, 0.1) is 0 Å². The Morgan fingerprint density at radius 2 is 1.68 bits per heavy atom. The quantitative estimate of drug-likeness (QED) is 0.868. The second kappa shape index (κ2) is 6.00. The van der Waals surface area contributed by atoms with Crippen molar-refractivity contribution in [3.8, 4) is 0 Å². The van der Waals surface area contributed by atoms with E-state index in [9.17, 15) is 0 Å². The molecule has 0 amide bonds. The van der Waals surface area contributed by atoms with Gasteiger partial charge in [0.05, 0.1) is 5.04 Å². The van der Waals surface area contributed by atoms with Gasteiger partial charge in [-0.25, -0.2) is 0 Å². The van der Waals surface area contributed by atoms with Gasteiger partial charge in [-0.2, -0.15) is 5.10 Å². The van der Waals surface area contributed by atoms with Crippen molar-refractivity contribution in [1.82, 2.24) is 5.43 Å². The highest BCUT2D eigenvalue weighted by Crippen LogP contribution is 2.40. The van der Waals surface area contributed by atoms with E-state index in [0.717, 1.165) is 6.42 Å². The van der Waals surface area contributed by atoms with E-state index in [-0.39, 0.29) is 4.87 Å². The molecule has 0 aromatic heterocycles. The molecule has 0 bridgehead atoms. The van der Waals surface area contributed by atoms with Gasteiger partial charge in [0.15, 0.2) is 0 Å². The summed E-state index contributed by atoms with van der Waals surface area (Å²) in [7, 11) is 0. The Bertz CT molecular complexity index is 433. The molecule has 1 aliphatic heterocycles. The molecule has 3 rings (SSSR count). The molecule has 1 aromatic carbocycles. The van der Waals surface area contributed by atoms with E-state index < -0.39 is 0 Å². The van der Waals surface area contributed by atoms with Crippen LogP contribution in [-0.2, 0) is 6.42 Å². The standard InChI is InChI=1S/C16H22N2S/c1-2-7-11-16(12-8-3-1)18-17-15(19-16)13-14-9-5-4-6-10-14/h4-6,9-10,18H,1-3,7-8,11-13H2. The van der Waals surface area contributed by atoms with Crippen molar-refractivity contribution in [3.63, 3.8) is 0 Å². The summed E-state index contributed by atoms with van der Waals surface area (Å²) in [5.41, 5.74) is 4.82. The maximum atomic E-state index is 4.61. The Balaban J connectivity index is 1.61. The highest BCUT2D eigenvalue weighted by Gasteiger charge is 2.36. The first-order valence-corrected chi connectivity index (χ1v) is 8.25. The lowest BCUT2D eigenvalue weighted by atomic mass is 9.96. The maximum absolute atomic E-state index is 4.61. The molecule has 1 N–H and O–H groups in total. The molecular weight excluding hydrogens is 252 g/mol. The van der Waals surface area contributed by atoms with Crippen LogP contribution in [0.2, 0.25) is 0 Å². The van der Waals surface area contributed by atoms with E-state index in [4.69, 9.17) is 0 Å². The molecule has 1 saturated carbocycles. The normalized spacial score (nSPS) is 22.4. The smallest absolute Gasteiger partial charge is 0.106 e. The van der Waals surface area contributed by atoms with Crippen LogP contribution in [0.1, 0.15) is 50.5 Å². The maximum Gasteiger partial charge on any atom is 0.106 e. The van der Waals surface area contributed by atoms with Crippen LogP contribution in [0.3, 0.4) is 0 Å². The number of nitrogens with zero attached hydrogens (tertiary/aromatic N) is 1. The highest BCUT2D eigenvalue weighted by molar-refractivity contribution is 8.15. The highest BCUT2D eigenvalue weighted by atomic mass is 32.2. The fourth-order valence-electron chi connectivity index (χ4n) is 2.97. The molecule has 0 unspecified atom stereocenters. The SMILES string of the molecule is c1ccc(CC2=NNC3(CCCCCCC3)S2)cc1. The van der Waals surface area contributed by atoms with Crippen molar-refractivity contribution in [2.45, 2.75) is 56.2 Å². The van der Waals surface area contributed by atoms with Crippen LogP contribution in [0.5, 0.6) is 0 Å². The first kappa shape index (κ1) is 13.0. The largest absolute Gasteiger partial charge is 0.293 e. The molecule has 102 valence electrons. The fourth-order valence-corrected chi connectivity index (χ4v) is 4.34. The van der Waals surface area contributed by atoms with Crippen LogP contribution >= 0.6 is 11.8 Å². The minimum Gasteiger partial charge on any atom is -0.293 e. The molecule has 2 aliphatic rings. The Morgan fingerprint density at radius 1 is 1.00 bits per heavy atom. The summed E-state index contributed by atoms with van der Waals surface area (Å²) >= 11 is 1.99. The number of hydrazone groups is 1. The molecule has 0 saturated heterocycles. The topological polar surface area (TPSA) is 24.4 Å². The lowest BCUT2D eigenvalue weighted by Crippen LogP contribution is -2.36. The van der Waals surface area contributed by atoms with Gasteiger partial charge >= 0.3 is 0 Å². The summed E-state index contributed by atoms with van der Waals surface area (Å²) in [4.78, 5) is 0.213. The molecular formula is C16H22N2S.